The van der Waals surface area contributed by atoms with Gasteiger partial charge in [0.15, 0.2) is 0 Å². The van der Waals surface area contributed by atoms with Crippen LogP contribution in [0.3, 0.4) is 0 Å². The summed E-state index contributed by atoms with van der Waals surface area (Å²) < 4.78 is 10.0. The van der Waals surface area contributed by atoms with Crippen molar-refractivity contribution in [3.05, 3.63) is 12.4 Å². The Morgan fingerprint density at radius 2 is 2.18 bits per heavy atom. The first-order valence-corrected chi connectivity index (χ1v) is 5.36. The number of ether oxygens (including phenoxy) is 1. The monoisotopic (exact) mass is 239 g/mol. The minimum Gasteiger partial charge on any atom is -0.509 e. The molecule has 17 heavy (non-hydrogen) atoms. The molecule has 1 fully saturated rings. The minimum absolute atomic E-state index is 0.155. The normalized spacial score (nSPS) is 20.2. The topological polar surface area (TPSA) is 87.9 Å². The average molecular weight is 239 g/mol. The third-order valence-corrected chi connectivity index (χ3v) is 2.38. The fourth-order valence-electron chi connectivity index (χ4n) is 1.66. The van der Waals surface area contributed by atoms with E-state index < -0.39 is 7.32 Å². The number of nitrogens with zero attached hydrogens (tertiary/aromatic N) is 3. The van der Waals surface area contributed by atoms with Gasteiger partial charge in [-0.05, 0) is 6.92 Å². The van der Waals surface area contributed by atoms with E-state index in [4.69, 9.17) is 14.8 Å². The largest absolute Gasteiger partial charge is 0.707 e. The Morgan fingerprint density at radius 1 is 1.47 bits per heavy atom. The van der Waals surface area contributed by atoms with Crippen LogP contribution in [0.4, 0.5) is 5.95 Å². The predicted molar refractivity (Wildman–Crippen MR) is 60.5 cm³/mol. The number of hydrogen-bond donors (Lipinski definition) is 2. The molecule has 1 aliphatic rings. The molecule has 92 valence electrons. The smallest absolute Gasteiger partial charge is 0.509 e. The summed E-state index contributed by atoms with van der Waals surface area (Å²) in [4.78, 5) is 10.2. The number of anilines is 1. The molecular weight excluding hydrogens is 225 g/mol. The van der Waals surface area contributed by atoms with Gasteiger partial charge < -0.3 is 24.3 Å². The number of morpholine rings is 1. The molecule has 8 heteroatoms. The van der Waals surface area contributed by atoms with Crippen LogP contribution in [0.2, 0.25) is 0 Å². The fourth-order valence-corrected chi connectivity index (χ4v) is 1.66. The molecule has 0 aliphatic carbocycles. The van der Waals surface area contributed by atoms with Crippen molar-refractivity contribution < 1.29 is 19.4 Å². The Kier molecular flexibility index (Phi) is 3.77. The molecule has 1 aromatic heterocycles. The molecule has 0 saturated carbocycles. The summed E-state index contributed by atoms with van der Waals surface area (Å²) in [6.45, 7) is 4.12. The van der Waals surface area contributed by atoms with Crippen molar-refractivity contribution in [1.29, 1.82) is 0 Å². The molecule has 0 unspecified atom stereocenters. The lowest BCUT2D eigenvalue weighted by molar-refractivity contribution is 0.0526. The van der Waals surface area contributed by atoms with E-state index in [0.717, 1.165) is 13.1 Å². The molecule has 2 heterocycles. The summed E-state index contributed by atoms with van der Waals surface area (Å²) in [6.07, 6.45) is 2.96. The molecule has 2 rings (SSSR count). The van der Waals surface area contributed by atoms with Crippen LogP contribution in [-0.4, -0.2) is 53.1 Å². The van der Waals surface area contributed by atoms with Crippen molar-refractivity contribution >= 4 is 13.3 Å². The second kappa shape index (κ2) is 5.30. The molecule has 0 aromatic carbocycles. The summed E-state index contributed by atoms with van der Waals surface area (Å²) >= 11 is 0. The Balaban J connectivity index is 2.01. The molecule has 0 bridgehead atoms. The van der Waals surface area contributed by atoms with Crippen molar-refractivity contribution in [1.82, 2.24) is 9.97 Å². The van der Waals surface area contributed by atoms with Crippen molar-refractivity contribution in [3.63, 3.8) is 0 Å². The van der Waals surface area contributed by atoms with Gasteiger partial charge in [-0.15, -0.1) is 0 Å². The van der Waals surface area contributed by atoms with Gasteiger partial charge in [-0.1, -0.05) is 0 Å². The zero-order chi connectivity index (χ0) is 12.3. The first kappa shape index (κ1) is 12.1. The maximum absolute atomic E-state index is 8.61. The van der Waals surface area contributed by atoms with Crippen LogP contribution >= 0.6 is 0 Å². The van der Waals surface area contributed by atoms with Crippen LogP contribution in [0.25, 0.3) is 0 Å². The van der Waals surface area contributed by atoms with Crippen molar-refractivity contribution in [2.75, 3.05) is 24.6 Å². The van der Waals surface area contributed by atoms with Crippen molar-refractivity contribution in [3.8, 4) is 5.75 Å². The summed E-state index contributed by atoms with van der Waals surface area (Å²) in [5, 5.41) is 17.2. The predicted octanol–water partition coefficient (Wildman–Crippen LogP) is -0.950. The molecule has 1 atom stereocenters. The van der Waals surface area contributed by atoms with Crippen LogP contribution in [-0.2, 0) is 4.74 Å². The molecule has 1 aliphatic heterocycles. The van der Waals surface area contributed by atoms with Crippen LogP contribution in [0, 0.1) is 0 Å². The Hall–Kier alpha value is -1.38. The van der Waals surface area contributed by atoms with E-state index in [0.29, 0.717) is 12.6 Å². The lowest BCUT2D eigenvalue weighted by Crippen LogP contribution is -2.41. The van der Waals surface area contributed by atoms with Crippen LogP contribution in [0.15, 0.2) is 12.4 Å². The average Bonchev–Trinajstić information content (AvgIpc) is 2.29. The summed E-state index contributed by atoms with van der Waals surface area (Å²) in [6, 6.07) is 0. The SMILES string of the molecule is C[C@@H]1CN(c2ncc(OB(O)O)cn2)CCO1. The van der Waals surface area contributed by atoms with E-state index in [1.54, 1.807) is 0 Å². The maximum Gasteiger partial charge on any atom is 0.707 e. The first-order chi connectivity index (χ1) is 8.15. The van der Waals surface area contributed by atoms with Crippen LogP contribution in [0.1, 0.15) is 6.92 Å². The highest BCUT2D eigenvalue weighted by Crippen LogP contribution is 2.15. The van der Waals surface area contributed by atoms with E-state index in [-0.39, 0.29) is 11.9 Å². The maximum atomic E-state index is 8.61. The number of rotatable bonds is 3. The minimum atomic E-state index is -1.85. The van der Waals surface area contributed by atoms with Gasteiger partial charge in [0.25, 0.3) is 0 Å². The van der Waals surface area contributed by atoms with Gasteiger partial charge in [0.05, 0.1) is 25.1 Å². The third kappa shape index (κ3) is 3.29. The summed E-state index contributed by atoms with van der Waals surface area (Å²) in [5.74, 6) is 0.796. The van der Waals surface area contributed by atoms with Gasteiger partial charge in [0.1, 0.15) is 5.75 Å². The van der Waals surface area contributed by atoms with E-state index in [2.05, 4.69) is 14.6 Å². The second-order valence-corrected chi connectivity index (χ2v) is 3.79. The number of aromatic nitrogens is 2. The van der Waals surface area contributed by atoms with Gasteiger partial charge in [-0.3, -0.25) is 0 Å². The highest BCUT2D eigenvalue weighted by Gasteiger charge is 2.19. The van der Waals surface area contributed by atoms with E-state index in [9.17, 15) is 0 Å². The molecule has 1 aromatic rings. The molecule has 1 saturated heterocycles. The van der Waals surface area contributed by atoms with Crippen molar-refractivity contribution in [2.45, 2.75) is 13.0 Å². The lowest BCUT2D eigenvalue weighted by atomic mass is 10.2. The van der Waals surface area contributed by atoms with Crippen LogP contribution < -0.4 is 9.55 Å². The van der Waals surface area contributed by atoms with E-state index in [1.807, 2.05) is 11.8 Å². The third-order valence-electron chi connectivity index (χ3n) is 2.38. The molecular formula is C9H14BN3O4. The quantitative estimate of drug-likeness (QED) is 0.657. The molecule has 7 nitrogen and oxygen atoms in total. The van der Waals surface area contributed by atoms with Gasteiger partial charge >= 0.3 is 7.32 Å². The van der Waals surface area contributed by atoms with Crippen LogP contribution in [0.5, 0.6) is 5.75 Å². The zero-order valence-corrected chi connectivity index (χ0v) is 9.48. The Labute approximate surface area is 99.2 Å². The first-order valence-electron chi connectivity index (χ1n) is 5.36. The highest BCUT2D eigenvalue weighted by molar-refractivity contribution is 6.33. The summed E-state index contributed by atoms with van der Waals surface area (Å²) in [5.41, 5.74) is 0. The zero-order valence-electron chi connectivity index (χ0n) is 9.48. The molecule has 0 amide bonds. The molecule has 0 radical (unpaired) electrons. The Bertz CT molecular complexity index is 362. The van der Waals surface area contributed by atoms with Gasteiger partial charge in [-0.25, -0.2) is 9.97 Å². The van der Waals surface area contributed by atoms with E-state index in [1.165, 1.54) is 12.4 Å². The lowest BCUT2D eigenvalue weighted by Gasteiger charge is -2.30. The second-order valence-electron chi connectivity index (χ2n) is 3.79. The van der Waals surface area contributed by atoms with E-state index >= 15 is 0 Å². The van der Waals surface area contributed by atoms with Crippen molar-refractivity contribution in [2.24, 2.45) is 0 Å². The molecule has 2 N–H and O–H groups in total. The molecule has 0 spiro atoms. The van der Waals surface area contributed by atoms with Gasteiger partial charge in [0, 0.05) is 13.1 Å². The van der Waals surface area contributed by atoms with Gasteiger partial charge in [0.2, 0.25) is 5.95 Å². The highest BCUT2D eigenvalue weighted by atomic mass is 16.6. The number of hydrogen-bond acceptors (Lipinski definition) is 7. The Morgan fingerprint density at radius 3 is 2.76 bits per heavy atom. The fraction of sp³-hybridized carbons (Fsp3) is 0.556. The summed E-state index contributed by atoms with van der Waals surface area (Å²) in [7, 11) is -1.85. The van der Waals surface area contributed by atoms with Gasteiger partial charge in [-0.2, -0.15) is 0 Å². The standard InChI is InChI=1S/C9H14BN3O4/c1-7-6-13(2-3-16-7)9-11-4-8(5-12-9)17-10(14)15/h4-5,7,14-15H,2-3,6H2,1H3/t7-/m1/s1.